The number of Topliss-reactive ketones (excluding diaryl/α,β-unsaturated/α-hetero) is 1. The van der Waals surface area contributed by atoms with Crippen LogP contribution in [0.2, 0.25) is 5.02 Å². The van der Waals surface area contributed by atoms with Crippen LogP contribution in [0.25, 0.3) is 0 Å². The molecule has 1 unspecified atom stereocenters. The van der Waals surface area contributed by atoms with E-state index in [-0.39, 0.29) is 18.3 Å². The van der Waals surface area contributed by atoms with Gasteiger partial charge in [0.05, 0.1) is 23.2 Å². The van der Waals surface area contributed by atoms with Crippen molar-refractivity contribution >= 4 is 29.3 Å². The summed E-state index contributed by atoms with van der Waals surface area (Å²) >= 11 is 6.19. The Morgan fingerprint density at radius 2 is 1.77 bits per heavy atom. The molecule has 0 aliphatic rings. The topological polar surface area (TPSA) is 68.6 Å². The number of carbonyl (C=O) groups excluding carboxylic acids is 3. The van der Waals surface area contributed by atoms with Crippen LogP contribution in [0.5, 0.6) is 0 Å². The van der Waals surface area contributed by atoms with Crippen LogP contribution in [0.3, 0.4) is 0 Å². The number of ether oxygens (including phenoxy) is 1. The fraction of sp³-hybridized carbons (Fsp3) is 0.435. The van der Waals surface area contributed by atoms with Crippen molar-refractivity contribution in [1.82, 2.24) is 9.47 Å². The first-order chi connectivity index (χ1) is 14.2. The normalized spacial score (nSPS) is 11.8. The molecule has 30 heavy (non-hydrogen) atoms. The van der Waals surface area contributed by atoms with Crippen LogP contribution >= 0.6 is 11.6 Å². The molecule has 1 aromatic heterocycles. The lowest BCUT2D eigenvalue weighted by Crippen LogP contribution is -2.43. The third-order valence-corrected chi connectivity index (χ3v) is 5.68. The molecule has 1 heterocycles. The zero-order chi connectivity index (χ0) is 22.6. The lowest BCUT2D eigenvalue weighted by atomic mass is 9.99. The Bertz CT molecular complexity index is 964. The molecule has 0 spiro atoms. The molecule has 2 rings (SSSR count). The SMILES string of the molecule is CCOC(=O)c1c(C)c(C(=O)C(C)N(CC)C(=O)c2ccccc2Cl)c(C)n1CC. The number of ketones is 1. The molecule has 0 aliphatic heterocycles. The quantitative estimate of drug-likeness (QED) is 0.448. The molecule has 1 atom stereocenters. The molecule has 0 bridgehead atoms. The molecule has 1 aromatic carbocycles. The van der Waals surface area contributed by atoms with Gasteiger partial charge in [-0.2, -0.15) is 0 Å². The number of hydrogen-bond acceptors (Lipinski definition) is 4. The molecular weight excluding hydrogens is 404 g/mol. The second-order valence-corrected chi connectivity index (χ2v) is 7.42. The average Bonchev–Trinajstić information content (AvgIpc) is 2.97. The summed E-state index contributed by atoms with van der Waals surface area (Å²) in [7, 11) is 0. The van der Waals surface area contributed by atoms with Crippen LogP contribution < -0.4 is 0 Å². The lowest BCUT2D eigenvalue weighted by molar-refractivity contribution is 0.0512. The third kappa shape index (κ3) is 4.29. The van der Waals surface area contributed by atoms with Crippen LogP contribution in [0.15, 0.2) is 24.3 Å². The zero-order valence-electron chi connectivity index (χ0n) is 18.4. The molecule has 0 radical (unpaired) electrons. The van der Waals surface area contributed by atoms with Gasteiger partial charge >= 0.3 is 5.97 Å². The van der Waals surface area contributed by atoms with E-state index < -0.39 is 12.0 Å². The molecule has 0 saturated carbocycles. The van der Waals surface area contributed by atoms with E-state index in [4.69, 9.17) is 16.3 Å². The van der Waals surface area contributed by atoms with Crippen molar-refractivity contribution < 1.29 is 19.1 Å². The van der Waals surface area contributed by atoms with Gasteiger partial charge in [0.1, 0.15) is 5.69 Å². The number of nitrogens with zero attached hydrogens (tertiary/aromatic N) is 2. The minimum Gasteiger partial charge on any atom is -0.461 e. The van der Waals surface area contributed by atoms with E-state index in [0.717, 1.165) is 0 Å². The fourth-order valence-electron chi connectivity index (χ4n) is 3.85. The largest absolute Gasteiger partial charge is 0.461 e. The predicted octanol–water partition coefficient (Wildman–Crippen LogP) is 4.69. The summed E-state index contributed by atoms with van der Waals surface area (Å²) in [6.07, 6.45) is 0. The van der Waals surface area contributed by atoms with E-state index in [0.29, 0.717) is 46.2 Å². The van der Waals surface area contributed by atoms with E-state index in [1.165, 1.54) is 4.90 Å². The summed E-state index contributed by atoms with van der Waals surface area (Å²) in [6, 6.07) is 6.06. The second kappa shape index (κ2) is 9.94. The van der Waals surface area contributed by atoms with E-state index in [2.05, 4.69) is 0 Å². The molecule has 6 nitrogen and oxygen atoms in total. The van der Waals surface area contributed by atoms with Crippen LogP contribution in [-0.2, 0) is 11.3 Å². The highest BCUT2D eigenvalue weighted by Crippen LogP contribution is 2.27. The molecular formula is C23H29ClN2O4. The monoisotopic (exact) mass is 432 g/mol. The average molecular weight is 433 g/mol. The molecule has 1 amide bonds. The summed E-state index contributed by atoms with van der Waals surface area (Å²) in [5.41, 5.74) is 2.46. The Balaban J connectivity index is 2.47. The lowest BCUT2D eigenvalue weighted by Gasteiger charge is -2.27. The maximum Gasteiger partial charge on any atom is 0.355 e. The van der Waals surface area contributed by atoms with Gasteiger partial charge < -0.3 is 14.2 Å². The molecule has 0 aliphatic carbocycles. The molecule has 2 aromatic rings. The number of hydrogen-bond donors (Lipinski definition) is 0. The number of amides is 1. The summed E-state index contributed by atoms with van der Waals surface area (Å²) in [5.74, 6) is -0.976. The van der Waals surface area contributed by atoms with Crippen molar-refractivity contribution in [3.63, 3.8) is 0 Å². The number of halogens is 1. The minimum absolute atomic E-state index is 0.218. The number of rotatable bonds is 8. The van der Waals surface area contributed by atoms with Gasteiger partial charge in [0.25, 0.3) is 5.91 Å². The van der Waals surface area contributed by atoms with Crippen LogP contribution in [0, 0.1) is 13.8 Å². The first-order valence-corrected chi connectivity index (χ1v) is 10.5. The first-order valence-electron chi connectivity index (χ1n) is 10.2. The van der Waals surface area contributed by atoms with Crippen LogP contribution in [0.1, 0.15) is 70.2 Å². The van der Waals surface area contributed by atoms with Crippen LogP contribution in [-0.4, -0.2) is 46.3 Å². The minimum atomic E-state index is -0.723. The second-order valence-electron chi connectivity index (χ2n) is 7.01. The van der Waals surface area contributed by atoms with Crippen molar-refractivity contribution in [2.24, 2.45) is 0 Å². The maximum atomic E-state index is 13.5. The summed E-state index contributed by atoms with van der Waals surface area (Å²) < 4.78 is 6.98. The highest BCUT2D eigenvalue weighted by Gasteiger charge is 2.33. The Labute approximate surface area is 182 Å². The summed E-state index contributed by atoms with van der Waals surface area (Å²) in [4.78, 5) is 40.5. The highest BCUT2D eigenvalue weighted by atomic mass is 35.5. The van der Waals surface area contributed by atoms with Crippen molar-refractivity contribution in [3.8, 4) is 0 Å². The zero-order valence-corrected chi connectivity index (χ0v) is 19.2. The Morgan fingerprint density at radius 1 is 1.13 bits per heavy atom. The van der Waals surface area contributed by atoms with E-state index in [1.807, 2.05) is 20.8 Å². The molecule has 0 saturated heterocycles. The molecule has 0 fully saturated rings. The Kier molecular flexibility index (Phi) is 7.84. The number of aromatic nitrogens is 1. The predicted molar refractivity (Wildman–Crippen MR) is 117 cm³/mol. The van der Waals surface area contributed by atoms with Crippen molar-refractivity contribution in [1.29, 1.82) is 0 Å². The number of esters is 1. The van der Waals surface area contributed by atoms with E-state index in [1.54, 1.807) is 49.6 Å². The van der Waals surface area contributed by atoms with Gasteiger partial charge in [-0.15, -0.1) is 0 Å². The Hall–Kier alpha value is -2.60. The molecule has 7 heteroatoms. The van der Waals surface area contributed by atoms with Crippen molar-refractivity contribution in [2.75, 3.05) is 13.2 Å². The van der Waals surface area contributed by atoms with Crippen LogP contribution in [0.4, 0.5) is 0 Å². The number of benzene rings is 1. The number of likely N-dealkylation sites (N-methyl/N-ethyl adjacent to an activating group) is 1. The van der Waals surface area contributed by atoms with Gasteiger partial charge in [0, 0.05) is 24.3 Å². The van der Waals surface area contributed by atoms with Gasteiger partial charge in [-0.05, 0) is 59.2 Å². The van der Waals surface area contributed by atoms with Gasteiger partial charge in [0.15, 0.2) is 5.78 Å². The fourth-order valence-corrected chi connectivity index (χ4v) is 4.07. The first kappa shape index (κ1) is 23.7. The van der Waals surface area contributed by atoms with Gasteiger partial charge in [-0.25, -0.2) is 4.79 Å². The highest BCUT2D eigenvalue weighted by molar-refractivity contribution is 6.33. The van der Waals surface area contributed by atoms with Gasteiger partial charge in [-0.1, -0.05) is 23.7 Å². The van der Waals surface area contributed by atoms with Gasteiger partial charge in [0.2, 0.25) is 0 Å². The molecule has 162 valence electrons. The third-order valence-electron chi connectivity index (χ3n) is 5.35. The van der Waals surface area contributed by atoms with Crippen molar-refractivity contribution in [2.45, 2.75) is 54.1 Å². The summed E-state index contributed by atoms with van der Waals surface area (Å²) in [6.45, 7) is 11.9. The maximum absolute atomic E-state index is 13.5. The van der Waals surface area contributed by atoms with E-state index in [9.17, 15) is 14.4 Å². The smallest absolute Gasteiger partial charge is 0.355 e. The van der Waals surface area contributed by atoms with Gasteiger partial charge in [-0.3, -0.25) is 9.59 Å². The standard InChI is InChI=1S/C23H29ClN2O4/c1-7-25-15(5)19(14(4)20(25)23(29)30-9-3)21(27)16(6)26(8-2)22(28)17-12-10-11-13-18(17)24/h10-13,16H,7-9H2,1-6H3. The Morgan fingerprint density at radius 3 is 2.30 bits per heavy atom. The number of carbonyl (C=O) groups is 3. The summed E-state index contributed by atoms with van der Waals surface area (Å²) in [5, 5.41) is 0.342. The van der Waals surface area contributed by atoms with Crippen molar-refractivity contribution in [3.05, 3.63) is 57.4 Å². The molecule has 0 N–H and O–H groups in total. The van der Waals surface area contributed by atoms with E-state index >= 15 is 0 Å².